The second kappa shape index (κ2) is 5.91. The lowest BCUT2D eigenvalue weighted by atomic mass is 9.95. The monoisotopic (exact) mass is 278 g/mol. The van der Waals surface area contributed by atoms with Gasteiger partial charge in [0.15, 0.2) is 5.82 Å². The fraction of sp³-hybridized carbons (Fsp3) is 0.786. The molecule has 1 amide bonds. The number of likely N-dealkylation sites (tertiary alicyclic amines) is 1. The van der Waals surface area contributed by atoms with Gasteiger partial charge in [-0.2, -0.15) is 4.98 Å². The van der Waals surface area contributed by atoms with E-state index in [2.05, 4.69) is 20.4 Å². The molecular formula is C14H22N4O2. The molecule has 1 aromatic heterocycles. The van der Waals surface area contributed by atoms with E-state index < -0.39 is 0 Å². The number of nitrogens with one attached hydrogen (secondary N) is 1. The second-order valence-electron chi connectivity index (χ2n) is 5.97. The molecule has 6 nitrogen and oxygen atoms in total. The smallest absolute Gasteiger partial charge is 0.234 e. The molecule has 1 aromatic rings. The molecule has 3 rings (SSSR count). The van der Waals surface area contributed by atoms with E-state index in [-0.39, 0.29) is 5.91 Å². The van der Waals surface area contributed by atoms with E-state index in [0.29, 0.717) is 30.2 Å². The number of aromatic nitrogens is 2. The van der Waals surface area contributed by atoms with Crippen molar-refractivity contribution in [3.63, 3.8) is 0 Å². The highest BCUT2D eigenvalue weighted by molar-refractivity contribution is 5.78. The van der Waals surface area contributed by atoms with Gasteiger partial charge in [-0.15, -0.1) is 0 Å². The molecule has 2 heterocycles. The normalized spacial score (nSPS) is 21.6. The molecule has 0 atom stereocenters. The maximum atomic E-state index is 12.0. The zero-order valence-electron chi connectivity index (χ0n) is 12.0. The molecule has 0 radical (unpaired) electrons. The van der Waals surface area contributed by atoms with Crippen LogP contribution in [-0.4, -0.2) is 46.6 Å². The highest BCUT2D eigenvalue weighted by Crippen LogP contribution is 2.25. The van der Waals surface area contributed by atoms with E-state index in [1.807, 2.05) is 6.92 Å². The summed E-state index contributed by atoms with van der Waals surface area (Å²) < 4.78 is 5.15. The molecule has 2 fully saturated rings. The maximum Gasteiger partial charge on any atom is 0.234 e. The van der Waals surface area contributed by atoms with E-state index in [4.69, 9.17) is 4.52 Å². The van der Waals surface area contributed by atoms with E-state index in [1.54, 1.807) is 0 Å². The Bertz CT molecular complexity index is 461. The number of carbonyl (C=O) groups excluding carboxylic acids is 1. The number of aryl methyl sites for hydroxylation is 1. The lowest BCUT2D eigenvalue weighted by Crippen LogP contribution is -2.51. The van der Waals surface area contributed by atoms with Gasteiger partial charge in [0.1, 0.15) is 0 Å². The average molecular weight is 278 g/mol. The van der Waals surface area contributed by atoms with Crippen LogP contribution < -0.4 is 5.32 Å². The molecule has 0 aromatic carbocycles. The van der Waals surface area contributed by atoms with Crippen LogP contribution in [0.15, 0.2) is 4.52 Å². The van der Waals surface area contributed by atoms with Crippen LogP contribution >= 0.6 is 0 Å². The van der Waals surface area contributed by atoms with Crippen LogP contribution in [0.2, 0.25) is 0 Å². The summed E-state index contributed by atoms with van der Waals surface area (Å²) in [4.78, 5) is 18.3. The molecular weight excluding hydrogens is 256 g/mol. The number of rotatable bonds is 4. The van der Waals surface area contributed by atoms with E-state index in [1.165, 1.54) is 19.3 Å². The first kappa shape index (κ1) is 13.5. The fourth-order valence-corrected chi connectivity index (χ4v) is 3.06. The van der Waals surface area contributed by atoms with Crippen LogP contribution in [0.5, 0.6) is 0 Å². The van der Waals surface area contributed by atoms with E-state index in [9.17, 15) is 4.79 Å². The number of nitrogens with zero attached hydrogens (tertiary/aromatic N) is 3. The summed E-state index contributed by atoms with van der Waals surface area (Å²) in [5, 5.41) is 6.94. The zero-order valence-corrected chi connectivity index (χ0v) is 12.0. The Morgan fingerprint density at radius 2 is 2.10 bits per heavy atom. The Morgan fingerprint density at radius 3 is 2.75 bits per heavy atom. The minimum Gasteiger partial charge on any atom is -0.352 e. The standard InChI is InChI=1S/C14H22N4O2/c1-10-15-14(20-17-10)11-7-18(8-11)9-13(19)16-12-5-3-2-4-6-12/h11-12H,2-9H2,1H3,(H,16,19). The Labute approximate surface area is 118 Å². The lowest BCUT2D eigenvalue weighted by Gasteiger charge is -2.36. The number of carbonyl (C=O) groups is 1. The second-order valence-corrected chi connectivity index (χ2v) is 5.97. The summed E-state index contributed by atoms with van der Waals surface area (Å²) in [6, 6.07) is 0.395. The zero-order chi connectivity index (χ0) is 13.9. The minimum absolute atomic E-state index is 0.150. The van der Waals surface area contributed by atoms with Crippen molar-refractivity contribution in [3.8, 4) is 0 Å². The summed E-state index contributed by atoms with van der Waals surface area (Å²) in [5.74, 6) is 1.82. The van der Waals surface area contributed by atoms with Gasteiger partial charge in [0.25, 0.3) is 0 Å². The summed E-state index contributed by atoms with van der Waals surface area (Å²) >= 11 is 0. The van der Waals surface area contributed by atoms with Gasteiger partial charge in [-0.1, -0.05) is 24.4 Å². The Hall–Kier alpha value is -1.43. The maximum absolute atomic E-state index is 12.0. The first-order valence-electron chi connectivity index (χ1n) is 7.52. The van der Waals surface area contributed by atoms with Gasteiger partial charge < -0.3 is 9.84 Å². The molecule has 0 spiro atoms. The molecule has 20 heavy (non-hydrogen) atoms. The van der Waals surface area contributed by atoms with Crippen molar-refractivity contribution in [2.24, 2.45) is 0 Å². The summed E-state index contributed by atoms with van der Waals surface area (Å²) in [5.41, 5.74) is 0. The third-order valence-corrected chi connectivity index (χ3v) is 4.19. The van der Waals surface area contributed by atoms with Gasteiger partial charge in [0.05, 0.1) is 12.5 Å². The van der Waals surface area contributed by atoms with Crippen molar-refractivity contribution in [2.45, 2.75) is 51.0 Å². The predicted octanol–water partition coefficient (Wildman–Crippen LogP) is 1.23. The fourth-order valence-electron chi connectivity index (χ4n) is 3.06. The van der Waals surface area contributed by atoms with Crippen LogP contribution in [0.1, 0.15) is 49.7 Å². The minimum atomic E-state index is 0.150. The predicted molar refractivity (Wildman–Crippen MR) is 73.2 cm³/mol. The quantitative estimate of drug-likeness (QED) is 0.897. The lowest BCUT2D eigenvalue weighted by molar-refractivity contribution is -0.124. The largest absolute Gasteiger partial charge is 0.352 e. The molecule has 0 bridgehead atoms. The van der Waals surface area contributed by atoms with Gasteiger partial charge in [0, 0.05) is 19.1 Å². The van der Waals surface area contributed by atoms with Gasteiger partial charge in [-0.25, -0.2) is 0 Å². The molecule has 6 heteroatoms. The van der Waals surface area contributed by atoms with E-state index in [0.717, 1.165) is 25.9 Å². The average Bonchev–Trinajstić information content (AvgIpc) is 2.81. The van der Waals surface area contributed by atoms with Crippen LogP contribution in [0.3, 0.4) is 0 Å². The van der Waals surface area contributed by atoms with E-state index >= 15 is 0 Å². The van der Waals surface area contributed by atoms with Gasteiger partial charge in [-0.05, 0) is 19.8 Å². The first-order valence-corrected chi connectivity index (χ1v) is 7.52. The SMILES string of the molecule is Cc1noc(C2CN(CC(=O)NC3CCCCC3)C2)n1. The van der Waals surface area contributed by atoms with Gasteiger partial charge >= 0.3 is 0 Å². The number of amides is 1. The molecule has 1 saturated heterocycles. The molecule has 0 unspecified atom stereocenters. The van der Waals surface area contributed by atoms with Crippen LogP contribution in [0.25, 0.3) is 0 Å². The van der Waals surface area contributed by atoms with Crippen molar-refractivity contribution in [1.82, 2.24) is 20.4 Å². The molecule has 1 saturated carbocycles. The van der Waals surface area contributed by atoms with Crippen molar-refractivity contribution < 1.29 is 9.32 Å². The van der Waals surface area contributed by atoms with Gasteiger partial charge in [-0.3, -0.25) is 9.69 Å². The summed E-state index contributed by atoms with van der Waals surface area (Å²) in [6.07, 6.45) is 6.07. The van der Waals surface area contributed by atoms with Crippen molar-refractivity contribution in [3.05, 3.63) is 11.7 Å². The summed E-state index contributed by atoms with van der Waals surface area (Å²) in [7, 11) is 0. The molecule has 110 valence electrons. The highest BCUT2D eigenvalue weighted by Gasteiger charge is 2.33. The number of hydrogen-bond acceptors (Lipinski definition) is 5. The topological polar surface area (TPSA) is 71.3 Å². The number of hydrogen-bond donors (Lipinski definition) is 1. The third kappa shape index (κ3) is 3.17. The first-order chi connectivity index (χ1) is 9.70. The summed E-state index contributed by atoms with van der Waals surface area (Å²) in [6.45, 7) is 3.97. The van der Waals surface area contributed by atoms with Crippen LogP contribution in [0, 0.1) is 6.92 Å². The molecule has 2 aliphatic rings. The van der Waals surface area contributed by atoms with Crippen LogP contribution in [-0.2, 0) is 4.79 Å². The van der Waals surface area contributed by atoms with Crippen molar-refractivity contribution >= 4 is 5.91 Å². The highest BCUT2D eigenvalue weighted by atomic mass is 16.5. The third-order valence-electron chi connectivity index (χ3n) is 4.19. The molecule has 1 aliphatic carbocycles. The Balaban J connectivity index is 1.38. The molecule has 1 aliphatic heterocycles. The van der Waals surface area contributed by atoms with Crippen molar-refractivity contribution in [1.29, 1.82) is 0 Å². The van der Waals surface area contributed by atoms with Gasteiger partial charge in [0.2, 0.25) is 11.8 Å². The van der Waals surface area contributed by atoms with Crippen molar-refractivity contribution in [2.75, 3.05) is 19.6 Å². The Morgan fingerprint density at radius 1 is 1.35 bits per heavy atom. The Kier molecular flexibility index (Phi) is 4.00. The van der Waals surface area contributed by atoms with Crippen LogP contribution in [0.4, 0.5) is 0 Å². The molecule has 1 N–H and O–H groups in total.